The van der Waals surface area contributed by atoms with Gasteiger partial charge in [0.25, 0.3) is 11.1 Å². The number of H-pyrrole nitrogens is 2. The zero-order valence-electron chi connectivity index (χ0n) is 38.5. The van der Waals surface area contributed by atoms with E-state index in [1.165, 1.54) is 18.2 Å². The summed E-state index contributed by atoms with van der Waals surface area (Å²) in [5.41, 5.74) is 12.6. The average Bonchev–Trinajstić information content (AvgIpc) is 3.25. The first-order chi connectivity index (χ1) is 32.2. The number of allylic oxidation sites excluding steroid dienone is 1. The average molecular weight is 910 g/mol. The number of benzene rings is 2. The summed E-state index contributed by atoms with van der Waals surface area (Å²) in [5.74, 6) is -3.60. The van der Waals surface area contributed by atoms with Crippen molar-refractivity contribution >= 4 is 37.7 Å². The molecule has 67 heavy (non-hydrogen) atoms. The molecular weight excluding hydrogens is 861 g/mol. The molecule has 0 fully saturated rings. The van der Waals surface area contributed by atoms with E-state index in [2.05, 4.69) is 34.4 Å². The van der Waals surface area contributed by atoms with Crippen molar-refractivity contribution in [2.24, 2.45) is 0 Å². The van der Waals surface area contributed by atoms with Gasteiger partial charge in [0, 0.05) is 43.1 Å². The fraction of sp³-hybridized carbons (Fsp3) is 0.250. The van der Waals surface area contributed by atoms with Crippen LogP contribution >= 0.6 is 0 Å². The van der Waals surface area contributed by atoms with Crippen molar-refractivity contribution in [2.75, 3.05) is 11.5 Å². The van der Waals surface area contributed by atoms with Gasteiger partial charge in [-0.25, -0.2) is 19.6 Å². The van der Waals surface area contributed by atoms with Gasteiger partial charge in [-0.05, 0) is 116 Å². The number of anilines is 2. The lowest BCUT2D eigenvalue weighted by molar-refractivity contribution is 0.101. The Bertz CT molecular complexity index is 3220. The van der Waals surface area contributed by atoms with Gasteiger partial charge in [-0.2, -0.15) is 19.3 Å². The van der Waals surface area contributed by atoms with Crippen LogP contribution in [0, 0.1) is 48.4 Å². The maximum atomic E-state index is 13.8. The van der Waals surface area contributed by atoms with Crippen molar-refractivity contribution < 1.29 is 18.4 Å². The first-order valence-corrected chi connectivity index (χ1v) is 20.5. The number of nitrogens with two attached hydrogens (primary N) is 2. The summed E-state index contributed by atoms with van der Waals surface area (Å²) in [6, 6.07) is 19.2. The Hall–Kier alpha value is -8.32. The number of nitrogens with one attached hydrogen (secondary N) is 2. The molecule has 0 spiro atoms. The highest BCUT2D eigenvalue weighted by Gasteiger charge is 2.27. The van der Waals surface area contributed by atoms with Crippen molar-refractivity contribution in [2.45, 2.75) is 79.3 Å². The van der Waals surface area contributed by atoms with Gasteiger partial charge in [-0.15, -0.1) is 0 Å². The van der Waals surface area contributed by atoms with Crippen LogP contribution in [0.3, 0.4) is 0 Å². The Morgan fingerprint density at radius 1 is 0.716 bits per heavy atom. The monoisotopic (exact) mass is 909 g/mol. The Balaban J connectivity index is 0.000000286. The molecule has 0 saturated heterocycles. The number of hydrogen-bond acceptors (Lipinski definition) is 12. The number of pyridine rings is 2. The molecule has 6 rings (SSSR count). The summed E-state index contributed by atoms with van der Waals surface area (Å²) in [7, 11) is 3.75. The molecule has 0 aliphatic rings. The minimum absolute atomic E-state index is 0.0635. The van der Waals surface area contributed by atoms with Crippen LogP contribution in [0.2, 0.25) is 0 Å². The van der Waals surface area contributed by atoms with Crippen LogP contribution < -0.4 is 34.0 Å². The number of nitrogen functional groups attached to an aromatic ring is 2. The van der Waals surface area contributed by atoms with Crippen molar-refractivity contribution in [1.82, 2.24) is 29.1 Å². The molecule has 6 aromatic rings. The molecule has 0 bridgehead atoms. The standard InChI is InChI=1S/C24H24FN5O3.C24H22FN5O3.BH/c2*1-13(2)20-21(22(31)17-8-14(3)7-15(9-17)5-4-6-26)30(24(33)29-23(20)32)12-16-10-18(25)28-19(27)11-16;/h7-11,13H,4-5,12H2,1-3H3,(H2,27,28)(H,29,32,33);4-5,7-11,13H,12H2,1-3H3,(H2,27,28)(H,29,32,33);1H/b;5-4+;/i;;1D. The third-order valence-corrected chi connectivity index (χ3v) is 10.1. The van der Waals surface area contributed by atoms with E-state index >= 15 is 0 Å². The number of aromatic amines is 2. The van der Waals surface area contributed by atoms with Gasteiger partial charge < -0.3 is 11.5 Å². The van der Waals surface area contributed by atoms with E-state index in [0.29, 0.717) is 35.1 Å². The SMILES string of the molecule is Cc1cc(/C=C/C#N)cc(C(=O)c2c(C(C)C)c(=O)[nH]c(=O)n2Cc2cc(N)nc(F)c2)c1.Cc1cc(CCC#N)cc(C(=O)c2c(C(C)C)c(=O)[nH]c(=O)n2Cc2cc(N)nc(F)c2)c1.[2H][B]. The third kappa shape index (κ3) is 12.5. The number of carbonyl (C=O) groups is 2. The molecule has 0 atom stereocenters. The van der Waals surface area contributed by atoms with Gasteiger partial charge in [-0.1, -0.05) is 45.4 Å². The molecule has 6 N–H and O–H groups in total. The Morgan fingerprint density at radius 2 is 1.16 bits per heavy atom. The minimum Gasteiger partial charge on any atom is -0.384 e. The quantitative estimate of drug-likeness (QED) is 0.0512. The fourth-order valence-electron chi connectivity index (χ4n) is 7.51. The van der Waals surface area contributed by atoms with E-state index in [4.69, 9.17) is 23.3 Å². The van der Waals surface area contributed by atoms with Crippen LogP contribution in [0.25, 0.3) is 6.08 Å². The van der Waals surface area contributed by atoms with Crippen molar-refractivity contribution in [3.8, 4) is 12.1 Å². The molecular formula is C48H47BF2N10O6. The van der Waals surface area contributed by atoms with E-state index in [1.807, 2.05) is 19.1 Å². The van der Waals surface area contributed by atoms with Gasteiger partial charge in [0.05, 0.1) is 25.2 Å². The zero-order chi connectivity index (χ0) is 50.6. The maximum absolute atomic E-state index is 13.8. The predicted octanol–water partition coefficient (Wildman–Crippen LogP) is 5.07. The van der Waals surface area contributed by atoms with E-state index in [9.17, 15) is 37.5 Å². The number of nitrogens with zero attached hydrogens (tertiary/aromatic N) is 6. The number of ketones is 2. The molecule has 2 aromatic carbocycles. The Morgan fingerprint density at radius 3 is 1.58 bits per heavy atom. The van der Waals surface area contributed by atoms with Gasteiger partial charge in [0.1, 0.15) is 23.0 Å². The normalized spacial score (nSPS) is 11.0. The molecule has 19 heteroatoms. The second-order valence-electron chi connectivity index (χ2n) is 16.1. The number of nitriles is 2. The van der Waals surface area contributed by atoms with E-state index in [0.717, 1.165) is 38.0 Å². The second-order valence-corrected chi connectivity index (χ2v) is 16.1. The first-order valence-electron chi connectivity index (χ1n) is 21.1. The number of aryl methyl sites for hydroxylation is 3. The Kier molecular flexibility index (Phi) is 16.4. The van der Waals surface area contributed by atoms with Gasteiger partial charge in [0.2, 0.25) is 23.5 Å². The van der Waals surface area contributed by atoms with Crippen molar-refractivity contribution in [3.63, 3.8) is 0 Å². The van der Waals surface area contributed by atoms with Crippen LogP contribution in [0.4, 0.5) is 20.4 Å². The molecule has 0 aliphatic heterocycles. The maximum Gasteiger partial charge on any atom is 0.329 e. The molecule has 0 aliphatic carbocycles. The summed E-state index contributed by atoms with van der Waals surface area (Å²) in [6.07, 6.45) is 3.60. The number of hydrogen-bond donors (Lipinski definition) is 4. The summed E-state index contributed by atoms with van der Waals surface area (Å²) in [5, 5.41) is 17.7. The lowest BCUT2D eigenvalue weighted by atomic mass is 9.94. The third-order valence-electron chi connectivity index (χ3n) is 10.1. The molecule has 4 aromatic heterocycles. The fourth-order valence-corrected chi connectivity index (χ4v) is 7.51. The van der Waals surface area contributed by atoms with E-state index in [-0.39, 0.29) is 64.6 Å². The van der Waals surface area contributed by atoms with Gasteiger partial charge in [-0.3, -0.25) is 38.3 Å². The molecule has 16 nitrogen and oxygen atoms in total. The summed E-state index contributed by atoms with van der Waals surface area (Å²) < 4.78 is 35.1. The highest BCUT2D eigenvalue weighted by atomic mass is 19.1. The van der Waals surface area contributed by atoms with Crippen molar-refractivity contribution in [1.29, 1.82) is 11.9 Å². The van der Waals surface area contributed by atoms with Crippen LogP contribution in [0.15, 0.2) is 85.9 Å². The zero-order valence-corrected chi connectivity index (χ0v) is 37.5. The van der Waals surface area contributed by atoms with Crippen LogP contribution in [-0.4, -0.2) is 50.3 Å². The van der Waals surface area contributed by atoms with Gasteiger partial charge >= 0.3 is 11.4 Å². The highest BCUT2D eigenvalue weighted by molar-refractivity contribution is 6.10. The molecule has 0 amide bonds. The first kappa shape index (κ1) is 49.7. The smallest absolute Gasteiger partial charge is 0.329 e. The lowest BCUT2D eigenvalue weighted by Crippen LogP contribution is -2.38. The number of rotatable bonds is 13. The summed E-state index contributed by atoms with van der Waals surface area (Å²) in [6.45, 7) is 10.2. The Labute approximate surface area is 386 Å². The van der Waals surface area contributed by atoms with Crippen LogP contribution in [-0.2, 0) is 19.5 Å². The van der Waals surface area contributed by atoms with Crippen molar-refractivity contribution in [3.05, 3.63) is 187 Å². The topological polar surface area (TPSA) is 269 Å². The number of halogens is 2. The molecule has 2 radical (unpaired) electrons. The lowest BCUT2D eigenvalue weighted by Gasteiger charge is -2.18. The summed E-state index contributed by atoms with van der Waals surface area (Å²) >= 11 is 0. The minimum atomic E-state index is -0.827. The van der Waals surface area contributed by atoms with E-state index in [1.54, 1.807) is 71.0 Å². The largest absolute Gasteiger partial charge is 0.384 e. The number of carbonyl (C=O) groups excluding carboxylic acids is 2. The van der Waals surface area contributed by atoms with E-state index < -0.39 is 46.0 Å². The highest BCUT2D eigenvalue weighted by Crippen LogP contribution is 2.24. The molecule has 0 saturated carbocycles. The van der Waals surface area contributed by atoms with Crippen LogP contribution in [0.1, 0.15) is 123 Å². The molecule has 0 unspecified atom stereocenters. The summed E-state index contributed by atoms with van der Waals surface area (Å²) in [4.78, 5) is 89.8. The van der Waals surface area contributed by atoms with Crippen LogP contribution in [0.5, 0.6) is 0 Å². The number of aromatic nitrogens is 6. The predicted molar refractivity (Wildman–Crippen MR) is 251 cm³/mol. The molecule has 4 heterocycles. The second kappa shape index (κ2) is 22.0. The molecule has 342 valence electrons. The van der Waals surface area contributed by atoms with Gasteiger partial charge in [0.15, 0.2) is 0 Å².